The summed E-state index contributed by atoms with van der Waals surface area (Å²) in [6.07, 6.45) is 0. The number of aryl methyl sites for hydroxylation is 1. The largest absolute Gasteiger partial charge is 0.318 e. The second-order valence-electron chi connectivity index (χ2n) is 5.89. The van der Waals surface area contributed by atoms with Crippen molar-refractivity contribution in [2.24, 2.45) is 5.73 Å². The molecule has 2 rings (SSSR count). The summed E-state index contributed by atoms with van der Waals surface area (Å²) in [4.78, 5) is 9.13. The minimum atomic E-state index is -0.276. The topological polar surface area (TPSA) is 51.8 Å². The Morgan fingerprint density at radius 2 is 1.68 bits per heavy atom. The van der Waals surface area contributed by atoms with Gasteiger partial charge in [0.25, 0.3) is 0 Å². The summed E-state index contributed by atoms with van der Waals surface area (Å²) in [5.74, 6) is 0.691. The van der Waals surface area contributed by atoms with E-state index in [1.54, 1.807) is 0 Å². The summed E-state index contributed by atoms with van der Waals surface area (Å²) < 4.78 is 0. The van der Waals surface area contributed by atoms with Crippen LogP contribution in [0.1, 0.15) is 49.6 Å². The number of hydrogen-bond acceptors (Lipinski definition) is 3. The third-order valence-electron chi connectivity index (χ3n) is 3.08. The van der Waals surface area contributed by atoms with E-state index in [4.69, 9.17) is 5.73 Å². The number of nitrogens with zero attached hydrogens (tertiary/aromatic N) is 2. The van der Waals surface area contributed by atoms with Crippen molar-refractivity contribution in [2.45, 2.75) is 39.2 Å². The first-order valence-corrected chi connectivity index (χ1v) is 6.54. The van der Waals surface area contributed by atoms with E-state index >= 15 is 0 Å². The Morgan fingerprint density at radius 1 is 1.05 bits per heavy atom. The van der Waals surface area contributed by atoms with Crippen LogP contribution in [0.4, 0.5) is 0 Å². The number of aromatic nitrogens is 2. The molecule has 2 aromatic rings. The molecule has 1 heterocycles. The molecule has 3 nitrogen and oxygen atoms in total. The molecule has 0 radical (unpaired) electrons. The van der Waals surface area contributed by atoms with Gasteiger partial charge in [-0.3, -0.25) is 0 Å². The van der Waals surface area contributed by atoms with Crippen molar-refractivity contribution in [3.05, 3.63) is 59.2 Å². The van der Waals surface area contributed by atoms with Crippen molar-refractivity contribution in [2.75, 3.05) is 0 Å². The minimum absolute atomic E-state index is 0.00113. The standard InChI is InChI=1S/C16H21N3/c1-11-10-13(16(2,3)4)19-15(18-11)14(17)12-8-6-5-7-9-12/h5-10,14H,17H2,1-4H3. The molecule has 0 amide bonds. The molecular weight excluding hydrogens is 234 g/mol. The van der Waals surface area contributed by atoms with Gasteiger partial charge in [-0.2, -0.15) is 0 Å². The number of nitrogens with two attached hydrogens (primary N) is 1. The Kier molecular flexibility index (Phi) is 3.67. The van der Waals surface area contributed by atoms with Gasteiger partial charge in [-0.1, -0.05) is 51.1 Å². The SMILES string of the molecule is Cc1cc(C(C)(C)C)nc(C(N)c2ccccc2)n1. The number of rotatable bonds is 2. The summed E-state index contributed by atoms with van der Waals surface area (Å²) in [5, 5.41) is 0. The molecule has 1 aromatic heterocycles. The molecule has 1 unspecified atom stereocenters. The fraction of sp³-hybridized carbons (Fsp3) is 0.375. The Hall–Kier alpha value is -1.74. The maximum atomic E-state index is 6.27. The molecule has 1 aromatic carbocycles. The highest BCUT2D eigenvalue weighted by molar-refractivity contribution is 5.26. The van der Waals surface area contributed by atoms with Gasteiger partial charge in [0.15, 0.2) is 0 Å². The highest BCUT2D eigenvalue weighted by Gasteiger charge is 2.19. The van der Waals surface area contributed by atoms with E-state index in [0.717, 1.165) is 17.0 Å². The number of benzene rings is 1. The van der Waals surface area contributed by atoms with E-state index in [9.17, 15) is 0 Å². The maximum Gasteiger partial charge on any atom is 0.150 e. The monoisotopic (exact) mass is 255 g/mol. The third-order valence-corrected chi connectivity index (χ3v) is 3.08. The van der Waals surface area contributed by atoms with Crippen LogP contribution < -0.4 is 5.73 Å². The van der Waals surface area contributed by atoms with Crippen molar-refractivity contribution in [3.63, 3.8) is 0 Å². The maximum absolute atomic E-state index is 6.27. The molecule has 0 fully saturated rings. The lowest BCUT2D eigenvalue weighted by molar-refractivity contribution is 0.557. The lowest BCUT2D eigenvalue weighted by atomic mass is 9.91. The average molecular weight is 255 g/mol. The molecule has 100 valence electrons. The Morgan fingerprint density at radius 3 is 2.26 bits per heavy atom. The molecular formula is C16H21N3. The number of hydrogen-bond donors (Lipinski definition) is 1. The molecule has 19 heavy (non-hydrogen) atoms. The summed E-state index contributed by atoms with van der Waals surface area (Å²) in [6.45, 7) is 8.42. The summed E-state index contributed by atoms with van der Waals surface area (Å²) in [5.41, 5.74) is 9.29. The van der Waals surface area contributed by atoms with Gasteiger partial charge in [0.05, 0.1) is 6.04 Å². The lowest BCUT2D eigenvalue weighted by Crippen LogP contribution is -2.21. The summed E-state index contributed by atoms with van der Waals surface area (Å²) in [6, 6.07) is 11.7. The van der Waals surface area contributed by atoms with Gasteiger partial charge < -0.3 is 5.73 Å². The summed E-state index contributed by atoms with van der Waals surface area (Å²) >= 11 is 0. The second-order valence-corrected chi connectivity index (χ2v) is 5.89. The van der Waals surface area contributed by atoms with Crippen LogP contribution in [0.3, 0.4) is 0 Å². The van der Waals surface area contributed by atoms with Gasteiger partial charge in [-0.25, -0.2) is 9.97 Å². The first kappa shape index (κ1) is 13.7. The highest BCUT2D eigenvalue weighted by Crippen LogP contribution is 2.23. The first-order chi connectivity index (χ1) is 8.88. The molecule has 0 bridgehead atoms. The molecule has 0 aliphatic rings. The van der Waals surface area contributed by atoms with Gasteiger partial charge in [-0.15, -0.1) is 0 Å². The smallest absolute Gasteiger partial charge is 0.150 e. The third kappa shape index (κ3) is 3.18. The fourth-order valence-electron chi connectivity index (χ4n) is 1.92. The van der Waals surface area contributed by atoms with Crippen LogP contribution in [-0.4, -0.2) is 9.97 Å². The van der Waals surface area contributed by atoms with Gasteiger partial charge in [-0.05, 0) is 18.6 Å². The highest BCUT2D eigenvalue weighted by atomic mass is 14.9. The molecule has 0 aliphatic carbocycles. The molecule has 0 saturated carbocycles. The minimum Gasteiger partial charge on any atom is -0.318 e. The Balaban J connectivity index is 2.43. The first-order valence-electron chi connectivity index (χ1n) is 6.54. The van der Waals surface area contributed by atoms with Gasteiger partial charge in [0.2, 0.25) is 0 Å². The predicted molar refractivity (Wildman–Crippen MR) is 77.9 cm³/mol. The molecule has 0 aliphatic heterocycles. The van der Waals surface area contributed by atoms with E-state index in [-0.39, 0.29) is 11.5 Å². The lowest BCUT2D eigenvalue weighted by Gasteiger charge is -2.20. The van der Waals surface area contributed by atoms with Crippen LogP contribution >= 0.6 is 0 Å². The molecule has 2 N–H and O–H groups in total. The Bertz CT molecular complexity index is 556. The van der Waals surface area contributed by atoms with Crippen molar-refractivity contribution in [1.29, 1.82) is 0 Å². The quantitative estimate of drug-likeness (QED) is 0.897. The average Bonchev–Trinajstić information content (AvgIpc) is 2.37. The van der Waals surface area contributed by atoms with Gasteiger partial charge >= 0.3 is 0 Å². The summed E-state index contributed by atoms with van der Waals surface area (Å²) in [7, 11) is 0. The van der Waals surface area contributed by atoms with E-state index in [1.807, 2.05) is 43.3 Å². The molecule has 3 heteroatoms. The molecule has 0 saturated heterocycles. The fourth-order valence-corrected chi connectivity index (χ4v) is 1.92. The Labute approximate surface area is 114 Å². The van der Waals surface area contributed by atoms with E-state index < -0.39 is 0 Å². The van der Waals surface area contributed by atoms with Crippen LogP contribution in [0.15, 0.2) is 36.4 Å². The zero-order valence-corrected chi connectivity index (χ0v) is 12.0. The van der Waals surface area contributed by atoms with Crippen LogP contribution in [0.2, 0.25) is 0 Å². The van der Waals surface area contributed by atoms with Crippen LogP contribution in [-0.2, 0) is 5.41 Å². The van der Waals surface area contributed by atoms with Crippen LogP contribution in [0.25, 0.3) is 0 Å². The van der Waals surface area contributed by atoms with E-state index in [2.05, 4.69) is 30.7 Å². The van der Waals surface area contributed by atoms with E-state index in [1.165, 1.54) is 0 Å². The van der Waals surface area contributed by atoms with E-state index in [0.29, 0.717) is 5.82 Å². The van der Waals surface area contributed by atoms with Crippen molar-refractivity contribution >= 4 is 0 Å². The van der Waals surface area contributed by atoms with Crippen LogP contribution in [0.5, 0.6) is 0 Å². The zero-order valence-electron chi connectivity index (χ0n) is 12.0. The zero-order chi connectivity index (χ0) is 14.0. The second kappa shape index (κ2) is 5.10. The van der Waals surface area contributed by atoms with Gasteiger partial charge in [0.1, 0.15) is 5.82 Å². The van der Waals surface area contributed by atoms with Crippen molar-refractivity contribution in [3.8, 4) is 0 Å². The van der Waals surface area contributed by atoms with Crippen molar-refractivity contribution in [1.82, 2.24) is 9.97 Å². The van der Waals surface area contributed by atoms with Crippen molar-refractivity contribution < 1.29 is 0 Å². The molecule has 1 atom stereocenters. The van der Waals surface area contributed by atoms with Crippen LogP contribution in [0, 0.1) is 6.92 Å². The van der Waals surface area contributed by atoms with Gasteiger partial charge in [0, 0.05) is 16.8 Å². The normalized spacial score (nSPS) is 13.3. The predicted octanol–water partition coefficient (Wildman–Crippen LogP) is 3.13. The molecule has 0 spiro atoms.